The number of aliphatic hydroxyl groups is 5. The zero-order valence-corrected chi connectivity index (χ0v) is 34.1. The summed E-state index contributed by atoms with van der Waals surface area (Å²) in [4.78, 5) is 12.9. The van der Waals surface area contributed by atoms with Crippen LogP contribution in [0.3, 0.4) is 0 Å². The van der Waals surface area contributed by atoms with Crippen LogP contribution in [-0.4, -0.2) is 87.5 Å². The van der Waals surface area contributed by atoms with Crippen molar-refractivity contribution in [3.05, 3.63) is 85.1 Å². The Hall–Kier alpha value is -2.63. The lowest BCUT2D eigenvalue weighted by Crippen LogP contribution is -2.60. The molecule has 0 aromatic rings. The van der Waals surface area contributed by atoms with E-state index in [1.54, 1.807) is 0 Å². The normalized spacial score (nSPS) is 22.2. The van der Waals surface area contributed by atoms with Gasteiger partial charge in [0.05, 0.1) is 25.4 Å². The fraction of sp³-hybridized carbons (Fsp3) is 0.674. The monoisotopic (exact) mass is 772 g/mol. The van der Waals surface area contributed by atoms with Gasteiger partial charge in [0.2, 0.25) is 5.91 Å². The predicted octanol–water partition coefficient (Wildman–Crippen LogP) is 8.38. The zero-order valence-electron chi connectivity index (χ0n) is 34.1. The maximum Gasteiger partial charge on any atom is 0.220 e. The molecule has 0 radical (unpaired) electrons. The summed E-state index contributed by atoms with van der Waals surface area (Å²) >= 11 is 0. The molecule has 0 aromatic carbocycles. The van der Waals surface area contributed by atoms with Gasteiger partial charge >= 0.3 is 0 Å². The van der Waals surface area contributed by atoms with Gasteiger partial charge in [0.1, 0.15) is 24.4 Å². The minimum atomic E-state index is -1.57. The van der Waals surface area contributed by atoms with Crippen molar-refractivity contribution in [3.63, 3.8) is 0 Å². The van der Waals surface area contributed by atoms with Crippen LogP contribution in [0.4, 0.5) is 0 Å². The summed E-state index contributed by atoms with van der Waals surface area (Å²) in [5.74, 6) is -0.209. The topological polar surface area (TPSA) is 149 Å². The maximum absolute atomic E-state index is 12.9. The molecule has 7 unspecified atom stereocenters. The number of carbonyl (C=O) groups is 1. The third-order valence-corrected chi connectivity index (χ3v) is 9.51. The Bertz CT molecular complexity index is 1130. The van der Waals surface area contributed by atoms with Crippen molar-refractivity contribution >= 4 is 5.91 Å². The molecule has 0 bridgehead atoms. The number of hydrogen-bond donors (Lipinski definition) is 6. The Morgan fingerprint density at radius 2 is 1.11 bits per heavy atom. The first-order valence-corrected chi connectivity index (χ1v) is 21.3. The van der Waals surface area contributed by atoms with Gasteiger partial charge in [0.15, 0.2) is 6.29 Å². The molecule has 1 amide bonds. The number of hydrogen-bond acceptors (Lipinski definition) is 8. The molecule has 314 valence electrons. The van der Waals surface area contributed by atoms with Crippen molar-refractivity contribution in [2.24, 2.45) is 0 Å². The first-order valence-electron chi connectivity index (χ1n) is 21.3. The average molecular weight is 772 g/mol. The largest absolute Gasteiger partial charge is 0.394 e. The highest BCUT2D eigenvalue weighted by Crippen LogP contribution is 2.23. The van der Waals surface area contributed by atoms with E-state index in [1.165, 1.54) is 38.5 Å². The second-order valence-electron chi connectivity index (χ2n) is 14.4. The van der Waals surface area contributed by atoms with E-state index < -0.39 is 49.5 Å². The van der Waals surface area contributed by atoms with E-state index in [0.29, 0.717) is 12.8 Å². The number of rotatable bonds is 33. The van der Waals surface area contributed by atoms with Crippen LogP contribution in [0, 0.1) is 0 Å². The number of allylic oxidation sites excluding steroid dienone is 14. The van der Waals surface area contributed by atoms with Gasteiger partial charge in [-0.2, -0.15) is 0 Å². The molecule has 1 rings (SSSR count). The fourth-order valence-electron chi connectivity index (χ4n) is 6.09. The average Bonchev–Trinajstić information content (AvgIpc) is 3.18. The van der Waals surface area contributed by atoms with E-state index in [4.69, 9.17) is 9.47 Å². The lowest BCUT2D eigenvalue weighted by molar-refractivity contribution is -0.302. The molecule has 1 aliphatic rings. The number of nitrogens with one attached hydrogen (secondary N) is 1. The fourth-order valence-corrected chi connectivity index (χ4v) is 6.09. The summed E-state index contributed by atoms with van der Waals surface area (Å²) in [6.45, 7) is 3.62. The molecule has 1 aliphatic heterocycles. The lowest BCUT2D eigenvalue weighted by atomic mass is 9.99. The number of unbranched alkanes of at least 4 members (excludes halogenated alkanes) is 9. The summed E-state index contributed by atoms with van der Waals surface area (Å²) in [6.07, 6.45) is 41.7. The van der Waals surface area contributed by atoms with Crippen LogP contribution in [0.15, 0.2) is 85.1 Å². The highest BCUT2D eigenvalue weighted by molar-refractivity contribution is 5.76. The van der Waals surface area contributed by atoms with Gasteiger partial charge in [-0.15, -0.1) is 0 Å². The van der Waals surface area contributed by atoms with E-state index in [9.17, 15) is 30.3 Å². The molecule has 0 saturated carbocycles. The molecular weight excluding hydrogens is 695 g/mol. The molecule has 9 heteroatoms. The summed E-state index contributed by atoms with van der Waals surface area (Å²) in [7, 11) is 0. The van der Waals surface area contributed by atoms with E-state index in [2.05, 4.69) is 104 Å². The van der Waals surface area contributed by atoms with Gasteiger partial charge in [-0.1, -0.05) is 157 Å². The maximum atomic E-state index is 12.9. The Kier molecular flexibility index (Phi) is 32.8. The van der Waals surface area contributed by atoms with Crippen LogP contribution >= 0.6 is 0 Å². The SMILES string of the molecule is CC/C=C\C/C=C\C/C=C\C/C=C\C/C=C\C/C=C\C/C=C\CCCC(=O)NC(COC1OC(CO)C(O)C(O)C1O)C(O)CCCCCCCCCCC. The van der Waals surface area contributed by atoms with Crippen molar-refractivity contribution in [3.8, 4) is 0 Å². The van der Waals surface area contributed by atoms with Gasteiger partial charge in [-0.3, -0.25) is 4.79 Å². The van der Waals surface area contributed by atoms with Crippen molar-refractivity contribution in [2.45, 2.75) is 185 Å². The Balaban J connectivity index is 2.37. The van der Waals surface area contributed by atoms with Crippen molar-refractivity contribution in [1.29, 1.82) is 0 Å². The van der Waals surface area contributed by atoms with E-state index >= 15 is 0 Å². The second-order valence-corrected chi connectivity index (χ2v) is 14.4. The second kappa shape index (κ2) is 35.8. The molecule has 1 saturated heterocycles. The van der Waals surface area contributed by atoms with Crippen LogP contribution in [0.1, 0.15) is 142 Å². The van der Waals surface area contributed by atoms with Crippen LogP contribution in [0.5, 0.6) is 0 Å². The molecule has 7 atom stereocenters. The standard InChI is InChI=1S/C46H77NO8/c1-3-5-7-9-11-13-14-15-16-17-18-19-20-21-22-23-24-25-26-28-30-32-34-36-42(50)47-39(40(49)35-33-31-29-27-12-10-8-6-4-2)38-54-46-45(53)44(52)43(51)41(37-48)55-46/h5,7,11,13,15-16,18-19,21-22,24-25,28,30,39-41,43-46,48-49,51-53H,3-4,6,8-10,12,14,17,20,23,26-27,29,31-38H2,1-2H3,(H,47,50)/b7-5-,13-11-,16-15-,19-18-,22-21-,25-24-,30-28-. The summed E-state index contributed by atoms with van der Waals surface area (Å²) in [5, 5.41) is 54.0. The molecule has 0 aliphatic carbocycles. The molecule has 6 N–H and O–H groups in total. The van der Waals surface area contributed by atoms with Gasteiger partial charge < -0.3 is 40.3 Å². The lowest BCUT2D eigenvalue weighted by Gasteiger charge is -2.40. The van der Waals surface area contributed by atoms with Gasteiger partial charge in [0, 0.05) is 6.42 Å². The highest BCUT2D eigenvalue weighted by atomic mass is 16.7. The summed E-state index contributed by atoms with van der Waals surface area (Å²) < 4.78 is 11.2. The van der Waals surface area contributed by atoms with Crippen molar-refractivity contribution in [2.75, 3.05) is 13.2 Å². The first kappa shape index (κ1) is 50.4. The van der Waals surface area contributed by atoms with Crippen LogP contribution in [-0.2, 0) is 14.3 Å². The highest BCUT2D eigenvalue weighted by Gasteiger charge is 2.44. The molecule has 55 heavy (non-hydrogen) atoms. The minimum absolute atomic E-state index is 0.168. The van der Waals surface area contributed by atoms with Crippen LogP contribution < -0.4 is 5.32 Å². The van der Waals surface area contributed by atoms with E-state index in [1.807, 2.05) is 0 Å². The van der Waals surface area contributed by atoms with Gasteiger partial charge in [-0.05, 0) is 64.2 Å². The number of aliphatic hydroxyl groups excluding tert-OH is 5. The van der Waals surface area contributed by atoms with Crippen molar-refractivity contribution < 1.29 is 39.8 Å². The molecule has 9 nitrogen and oxygen atoms in total. The molecule has 1 fully saturated rings. The van der Waals surface area contributed by atoms with E-state index in [0.717, 1.165) is 70.6 Å². The molecule has 0 aromatic heterocycles. The van der Waals surface area contributed by atoms with E-state index in [-0.39, 0.29) is 18.9 Å². The molecule has 0 spiro atoms. The first-order chi connectivity index (χ1) is 26.8. The Morgan fingerprint density at radius 3 is 1.60 bits per heavy atom. The Morgan fingerprint density at radius 1 is 0.636 bits per heavy atom. The Labute approximate surface area is 333 Å². The predicted molar refractivity (Wildman–Crippen MR) is 225 cm³/mol. The quantitative estimate of drug-likeness (QED) is 0.0288. The summed E-state index contributed by atoms with van der Waals surface area (Å²) in [5.41, 5.74) is 0. The molecule has 1 heterocycles. The number of amides is 1. The van der Waals surface area contributed by atoms with Crippen molar-refractivity contribution in [1.82, 2.24) is 5.32 Å². The zero-order chi connectivity index (χ0) is 40.2. The minimum Gasteiger partial charge on any atom is -0.394 e. The number of ether oxygens (including phenoxy) is 2. The third kappa shape index (κ3) is 26.8. The number of carbonyl (C=O) groups excluding carboxylic acids is 1. The van der Waals surface area contributed by atoms with Crippen LogP contribution in [0.25, 0.3) is 0 Å². The molecular formula is C46H77NO8. The van der Waals surface area contributed by atoms with Crippen LogP contribution in [0.2, 0.25) is 0 Å². The summed E-state index contributed by atoms with van der Waals surface area (Å²) in [6, 6.07) is -0.752. The third-order valence-electron chi connectivity index (χ3n) is 9.51. The van der Waals surface area contributed by atoms with Gasteiger partial charge in [0.25, 0.3) is 0 Å². The smallest absolute Gasteiger partial charge is 0.220 e. The van der Waals surface area contributed by atoms with Gasteiger partial charge in [-0.25, -0.2) is 0 Å².